The molecule has 1 fully saturated rings. The third-order valence-corrected chi connectivity index (χ3v) is 5.17. The minimum atomic E-state index is 0.682. The van der Waals surface area contributed by atoms with Crippen molar-refractivity contribution in [2.45, 2.75) is 19.4 Å². The Morgan fingerprint density at radius 2 is 2.14 bits per heavy atom. The maximum Gasteiger partial charge on any atom is 0.128 e. The van der Waals surface area contributed by atoms with E-state index in [-0.39, 0.29) is 0 Å². The first-order valence-corrected chi connectivity index (χ1v) is 8.49. The number of hydrogen-bond donors (Lipinski definition) is 1. The van der Waals surface area contributed by atoms with Crippen LogP contribution in [0.3, 0.4) is 0 Å². The molecule has 5 heteroatoms. The van der Waals surface area contributed by atoms with E-state index in [2.05, 4.69) is 44.2 Å². The number of amidine groups is 1. The number of aromatic nitrogens is 2. The quantitative estimate of drug-likeness (QED) is 0.594. The molecule has 0 unspecified atom stereocenters. The zero-order valence-electron chi connectivity index (χ0n) is 12.3. The van der Waals surface area contributed by atoms with E-state index in [0.29, 0.717) is 5.84 Å². The van der Waals surface area contributed by atoms with Crippen molar-refractivity contribution in [3.63, 3.8) is 0 Å². The van der Waals surface area contributed by atoms with Crippen LogP contribution < -0.4 is 0 Å². The lowest BCUT2D eigenvalue weighted by atomic mass is 10.2. The number of nitrogens with zero attached hydrogens (tertiary/aromatic N) is 3. The van der Waals surface area contributed by atoms with Gasteiger partial charge in [-0.05, 0) is 31.0 Å². The fourth-order valence-corrected chi connectivity index (χ4v) is 3.92. The second-order valence-corrected chi connectivity index (χ2v) is 6.72. The van der Waals surface area contributed by atoms with Gasteiger partial charge in [-0.3, -0.25) is 10.4 Å². The summed E-state index contributed by atoms with van der Waals surface area (Å²) in [6.07, 6.45) is 8.26. The molecule has 1 aliphatic heterocycles. The molecule has 0 spiro atoms. The van der Waals surface area contributed by atoms with Gasteiger partial charge in [0.25, 0.3) is 0 Å². The molecular weight excluding hydrogens is 292 g/mol. The molecule has 3 aromatic rings. The van der Waals surface area contributed by atoms with E-state index in [0.717, 1.165) is 25.2 Å². The number of pyridine rings is 1. The molecule has 1 saturated heterocycles. The van der Waals surface area contributed by atoms with Gasteiger partial charge in [-0.2, -0.15) is 0 Å². The molecule has 4 rings (SSSR count). The van der Waals surface area contributed by atoms with E-state index in [9.17, 15) is 0 Å². The molecule has 0 saturated carbocycles. The van der Waals surface area contributed by atoms with E-state index in [1.54, 1.807) is 11.3 Å². The van der Waals surface area contributed by atoms with Crippen LogP contribution in [0, 0.1) is 5.41 Å². The van der Waals surface area contributed by atoms with E-state index in [1.807, 2.05) is 12.4 Å². The van der Waals surface area contributed by atoms with E-state index in [4.69, 9.17) is 5.41 Å². The van der Waals surface area contributed by atoms with Crippen molar-refractivity contribution in [3.8, 4) is 0 Å². The van der Waals surface area contributed by atoms with Crippen molar-refractivity contribution in [2.75, 3.05) is 13.1 Å². The number of nitrogens with one attached hydrogen (secondary N) is 1. The molecule has 0 amide bonds. The third-order valence-electron chi connectivity index (χ3n) is 4.25. The Kier molecular flexibility index (Phi) is 3.42. The Hall–Kier alpha value is -2.14. The van der Waals surface area contributed by atoms with E-state index < -0.39 is 0 Å². The van der Waals surface area contributed by atoms with Gasteiger partial charge in [0.15, 0.2) is 0 Å². The van der Waals surface area contributed by atoms with Crippen molar-refractivity contribution >= 4 is 28.1 Å². The SMILES string of the molecule is N=C(c1csc(Cn2ccc3cnccc32)c1)N1CCCC1. The highest BCUT2D eigenvalue weighted by Gasteiger charge is 2.17. The number of likely N-dealkylation sites (tertiary alicyclic amines) is 1. The van der Waals surface area contributed by atoms with Gasteiger partial charge in [0.05, 0.1) is 12.1 Å². The first-order valence-electron chi connectivity index (χ1n) is 7.61. The topological polar surface area (TPSA) is 44.9 Å². The van der Waals surface area contributed by atoms with Crippen LogP contribution in [-0.2, 0) is 6.54 Å². The molecule has 112 valence electrons. The fraction of sp³-hybridized carbons (Fsp3) is 0.294. The van der Waals surface area contributed by atoms with Gasteiger partial charge in [0.1, 0.15) is 5.84 Å². The summed E-state index contributed by atoms with van der Waals surface area (Å²) in [5, 5.41) is 11.6. The smallest absolute Gasteiger partial charge is 0.128 e. The Morgan fingerprint density at radius 1 is 1.27 bits per heavy atom. The van der Waals surface area contributed by atoms with Gasteiger partial charge in [0.2, 0.25) is 0 Å². The van der Waals surface area contributed by atoms with Crippen LogP contribution in [0.1, 0.15) is 23.3 Å². The van der Waals surface area contributed by atoms with Crippen molar-refractivity contribution in [1.29, 1.82) is 5.41 Å². The van der Waals surface area contributed by atoms with Gasteiger partial charge in [-0.15, -0.1) is 11.3 Å². The molecule has 0 radical (unpaired) electrons. The highest BCUT2D eigenvalue weighted by atomic mass is 32.1. The van der Waals surface area contributed by atoms with Crippen LogP contribution in [0.5, 0.6) is 0 Å². The van der Waals surface area contributed by atoms with Crippen LogP contribution in [0.25, 0.3) is 10.9 Å². The van der Waals surface area contributed by atoms with Gasteiger partial charge < -0.3 is 9.47 Å². The maximum atomic E-state index is 8.34. The van der Waals surface area contributed by atoms with Crippen molar-refractivity contribution < 1.29 is 0 Å². The first-order chi connectivity index (χ1) is 10.8. The molecule has 1 N–H and O–H groups in total. The molecule has 4 heterocycles. The molecule has 0 aliphatic carbocycles. The minimum absolute atomic E-state index is 0.682. The molecule has 0 atom stereocenters. The van der Waals surface area contributed by atoms with Crippen LogP contribution in [-0.4, -0.2) is 33.4 Å². The minimum Gasteiger partial charge on any atom is -0.357 e. The van der Waals surface area contributed by atoms with Gasteiger partial charge in [-0.25, -0.2) is 0 Å². The van der Waals surface area contributed by atoms with Crippen molar-refractivity contribution in [2.24, 2.45) is 0 Å². The van der Waals surface area contributed by atoms with E-state index in [1.165, 1.54) is 28.6 Å². The maximum absolute atomic E-state index is 8.34. The highest BCUT2D eigenvalue weighted by Crippen LogP contribution is 2.22. The van der Waals surface area contributed by atoms with Gasteiger partial charge in [-0.1, -0.05) is 0 Å². The monoisotopic (exact) mass is 310 g/mol. The predicted octanol–water partition coefficient (Wildman–Crippen LogP) is 3.57. The molecule has 4 nitrogen and oxygen atoms in total. The average Bonchev–Trinajstić information content (AvgIpc) is 3.28. The normalized spacial score (nSPS) is 14.8. The van der Waals surface area contributed by atoms with Crippen molar-refractivity contribution in [1.82, 2.24) is 14.5 Å². The Balaban J connectivity index is 1.55. The summed E-state index contributed by atoms with van der Waals surface area (Å²) in [5.74, 6) is 0.682. The number of rotatable bonds is 3. The van der Waals surface area contributed by atoms with Crippen molar-refractivity contribution in [3.05, 3.63) is 52.6 Å². The van der Waals surface area contributed by atoms with E-state index >= 15 is 0 Å². The predicted molar refractivity (Wildman–Crippen MR) is 90.8 cm³/mol. The largest absolute Gasteiger partial charge is 0.357 e. The van der Waals surface area contributed by atoms with Crippen LogP contribution in [0.4, 0.5) is 0 Å². The Bertz CT molecular complexity index is 811. The molecule has 1 aliphatic rings. The van der Waals surface area contributed by atoms with Gasteiger partial charge in [0, 0.05) is 52.9 Å². The second-order valence-electron chi connectivity index (χ2n) is 5.72. The summed E-state index contributed by atoms with van der Waals surface area (Å²) in [7, 11) is 0. The lowest BCUT2D eigenvalue weighted by Gasteiger charge is -2.17. The standard InChI is InChI=1S/C17H18N4S/c18-17(20-6-1-2-7-20)14-9-15(22-12-14)11-21-8-4-13-10-19-5-3-16(13)21/h3-5,8-10,12,18H,1-2,6-7,11H2. The number of thiophene rings is 1. The fourth-order valence-electron chi connectivity index (χ4n) is 3.06. The lowest BCUT2D eigenvalue weighted by molar-refractivity contribution is 0.517. The number of hydrogen-bond acceptors (Lipinski definition) is 3. The van der Waals surface area contributed by atoms with Crippen LogP contribution >= 0.6 is 11.3 Å². The Labute approximate surface area is 133 Å². The zero-order valence-corrected chi connectivity index (χ0v) is 13.1. The van der Waals surface area contributed by atoms with Crippen LogP contribution in [0.15, 0.2) is 42.2 Å². The average molecular weight is 310 g/mol. The number of fused-ring (bicyclic) bond motifs is 1. The lowest BCUT2D eigenvalue weighted by Crippen LogP contribution is -2.27. The summed E-state index contributed by atoms with van der Waals surface area (Å²) >= 11 is 1.74. The Morgan fingerprint density at radius 3 is 3.00 bits per heavy atom. The summed E-state index contributed by atoms with van der Waals surface area (Å²) in [6.45, 7) is 2.91. The highest BCUT2D eigenvalue weighted by molar-refractivity contribution is 7.10. The molecular formula is C17H18N4S. The molecule has 22 heavy (non-hydrogen) atoms. The summed E-state index contributed by atoms with van der Waals surface area (Å²) < 4.78 is 2.24. The molecule has 0 aromatic carbocycles. The summed E-state index contributed by atoms with van der Waals surface area (Å²) in [5.41, 5.74) is 2.26. The molecule has 3 aromatic heterocycles. The van der Waals surface area contributed by atoms with Crippen LogP contribution in [0.2, 0.25) is 0 Å². The summed E-state index contributed by atoms with van der Waals surface area (Å²) in [6, 6.07) is 6.32. The third kappa shape index (κ3) is 2.41. The molecule has 0 bridgehead atoms. The first kappa shape index (κ1) is 13.5. The second kappa shape index (κ2) is 5.57. The summed E-state index contributed by atoms with van der Waals surface area (Å²) in [4.78, 5) is 7.63. The van der Waals surface area contributed by atoms with Gasteiger partial charge >= 0.3 is 0 Å². The zero-order chi connectivity index (χ0) is 14.9.